The van der Waals surface area contributed by atoms with Crippen LogP contribution in [0.25, 0.3) is 0 Å². The van der Waals surface area contributed by atoms with Gasteiger partial charge in [0, 0.05) is 24.8 Å². The van der Waals surface area contributed by atoms with Crippen LogP contribution in [0.3, 0.4) is 0 Å². The molecule has 142 valence electrons. The molecule has 0 radical (unpaired) electrons. The summed E-state index contributed by atoms with van der Waals surface area (Å²) in [5.74, 6) is -0.357. The first-order valence-electron chi connectivity index (χ1n) is 8.92. The summed E-state index contributed by atoms with van der Waals surface area (Å²) >= 11 is 0. The Labute approximate surface area is 163 Å². The molecule has 0 aliphatic rings. The molecule has 1 atom stereocenters. The molecule has 0 saturated carbocycles. The molecule has 0 bridgehead atoms. The molecule has 1 aromatic heterocycles. The van der Waals surface area contributed by atoms with Crippen LogP contribution in [-0.4, -0.2) is 34.4 Å². The molecule has 0 saturated heterocycles. The van der Waals surface area contributed by atoms with Crippen LogP contribution in [0, 0.1) is 0 Å². The van der Waals surface area contributed by atoms with Crippen molar-refractivity contribution in [2.75, 3.05) is 6.54 Å². The summed E-state index contributed by atoms with van der Waals surface area (Å²) in [6, 6.07) is 16.2. The quantitative estimate of drug-likeness (QED) is 0.763. The topological polar surface area (TPSA) is 59.2 Å². The first kappa shape index (κ1) is 22.1. The lowest BCUT2D eigenvalue weighted by atomic mass is 9.73. The van der Waals surface area contributed by atoms with Gasteiger partial charge < -0.3 is 5.73 Å². The highest BCUT2D eigenvalue weighted by Gasteiger charge is 2.42. The Morgan fingerprint density at radius 3 is 2.08 bits per heavy atom. The maximum atomic E-state index is 12.7. The van der Waals surface area contributed by atoms with E-state index in [1.165, 1.54) is 0 Å². The van der Waals surface area contributed by atoms with Gasteiger partial charge in [0.25, 0.3) is 0 Å². The minimum absolute atomic E-state index is 0. The molecule has 2 aromatic rings. The van der Waals surface area contributed by atoms with Gasteiger partial charge in [-0.25, -0.2) is 0 Å². The van der Waals surface area contributed by atoms with Crippen LogP contribution in [0.2, 0.25) is 0 Å². The number of halogens is 1. The number of carbonyl (C=O) groups is 1. The van der Waals surface area contributed by atoms with Crippen molar-refractivity contribution < 1.29 is 4.79 Å². The fraction of sp³-hybridized carbons (Fsp3) is 0.429. The van der Waals surface area contributed by atoms with Crippen molar-refractivity contribution in [3.63, 3.8) is 0 Å². The Morgan fingerprint density at radius 2 is 1.62 bits per heavy atom. The van der Waals surface area contributed by atoms with Gasteiger partial charge in [0.1, 0.15) is 5.41 Å². The monoisotopic (exact) mass is 375 g/mol. The highest BCUT2D eigenvalue weighted by Crippen LogP contribution is 2.35. The molecule has 4 nitrogen and oxygen atoms in total. The SMILES string of the molecule is CC(C)N(CCC(C(N)=O)(c1ccccc1)c1ccccn1)C(C)C.Cl. The van der Waals surface area contributed by atoms with E-state index in [0.29, 0.717) is 24.2 Å². The van der Waals surface area contributed by atoms with Gasteiger partial charge in [-0.3, -0.25) is 14.7 Å². The molecular weight excluding hydrogens is 346 g/mol. The van der Waals surface area contributed by atoms with Gasteiger partial charge in [0.15, 0.2) is 0 Å². The number of hydrogen-bond acceptors (Lipinski definition) is 3. The lowest BCUT2D eigenvalue weighted by molar-refractivity contribution is -0.122. The van der Waals surface area contributed by atoms with Gasteiger partial charge in [-0.1, -0.05) is 36.4 Å². The van der Waals surface area contributed by atoms with Crippen LogP contribution < -0.4 is 5.73 Å². The summed E-state index contributed by atoms with van der Waals surface area (Å²) in [5, 5.41) is 0. The van der Waals surface area contributed by atoms with E-state index in [1.54, 1.807) is 6.20 Å². The number of hydrogen-bond donors (Lipinski definition) is 1. The van der Waals surface area contributed by atoms with Crippen LogP contribution in [0.4, 0.5) is 0 Å². The molecule has 26 heavy (non-hydrogen) atoms. The summed E-state index contributed by atoms with van der Waals surface area (Å²) in [7, 11) is 0. The van der Waals surface area contributed by atoms with Crippen LogP contribution >= 0.6 is 12.4 Å². The molecule has 1 heterocycles. The molecule has 1 aromatic carbocycles. The molecule has 2 N–H and O–H groups in total. The fourth-order valence-electron chi connectivity index (χ4n) is 3.56. The number of nitrogens with two attached hydrogens (primary N) is 1. The second-order valence-corrected chi connectivity index (χ2v) is 7.03. The molecule has 0 fully saturated rings. The van der Waals surface area contributed by atoms with E-state index in [9.17, 15) is 4.79 Å². The number of carbonyl (C=O) groups excluding carboxylic acids is 1. The van der Waals surface area contributed by atoms with E-state index in [2.05, 4.69) is 37.6 Å². The summed E-state index contributed by atoms with van der Waals surface area (Å²) < 4.78 is 0. The normalized spacial score (nSPS) is 13.5. The van der Waals surface area contributed by atoms with E-state index in [4.69, 9.17) is 5.73 Å². The minimum atomic E-state index is -0.926. The molecule has 0 aliphatic carbocycles. The Balaban J connectivity index is 0.00000338. The predicted molar refractivity (Wildman–Crippen MR) is 109 cm³/mol. The van der Waals surface area contributed by atoms with Crippen LogP contribution in [0.5, 0.6) is 0 Å². The number of amides is 1. The Morgan fingerprint density at radius 1 is 1.04 bits per heavy atom. The van der Waals surface area contributed by atoms with Gasteiger partial charge in [-0.05, 0) is 51.8 Å². The Hall–Kier alpha value is -1.91. The maximum absolute atomic E-state index is 12.7. The van der Waals surface area contributed by atoms with Crippen molar-refractivity contribution in [1.82, 2.24) is 9.88 Å². The van der Waals surface area contributed by atoms with Gasteiger partial charge in [0.2, 0.25) is 5.91 Å². The summed E-state index contributed by atoms with van der Waals surface area (Å²) in [5.41, 5.74) is 6.66. The number of primary amides is 1. The van der Waals surface area contributed by atoms with E-state index in [1.807, 2.05) is 48.5 Å². The zero-order chi connectivity index (χ0) is 18.4. The number of benzene rings is 1. The van der Waals surface area contributed by atoms with Crippen molar-refractivity contribution in [2.45, 2.75) is 51.6 Å². The molecule has 1 unspecified atom stereocenters. The lowest BCUT2D eigenvalue weighted by Crippen LogP contribution is -2.47. The van der Waals surface area contributed by atoms with Crippen molar-refractivity contribution >= 4 is 18.3 Å². The van der Waals surface area contributed by atoms with Crippen molar-refractivity contribution in [3.05, 3.63) is 66.0 Å². The Kier molecular flexibility index (Phi) is 8.25. The smallest absolute Gasteiger partial charge is 0.234 e. The average Bonchev–Trinajstić information content (AvgIpc) is 2.59. The zero-order valence-corrected chi connectivity index (χ0v) is 16.9. The van der Waals surface area contributed by atoms with E-state index in [-0.39, 0.29) is 18.3 Å². The molecule has 0 aliphatic heterocycles. The van der Waals surface area contributed by atoms with Gasteiger partial charge in [-0.15, -0.1) is 12.4 Å². The second kappa shape index (κ2) is 9.70. The van der Waals surface area contributed by atoms with Crippen LogP contribution in [0.1, 0.15) is 45.4 Å². The third-order valence-corrected chi connectivity index (χ3v) is 4.86. The average molecular weight is 376 g/mol. The first-order valence-corrected chi connectivity index (χ1v) is 8.92. The zero-order valence-electron chi connectivity index (χ0n) is 16.1. The summed E-state index contributed by atoms with van der Waals surface area (Å²) in [4.78, 5) is 19.6. The van der Waals surface area contributed by atoms with Crippen molar-refractivity contribution in [1.29, 1.82) is 0 Å². The number of rotatable bonds is 8. The van der Waals surface area contributed by atoms with E-state index >= 15 is 0 Å². The highest BCUT2D eigenvalue weighted by atomic mass is 35.5. The number of nitrogens with zero attached hydrogens (tertiary/aromatic N) is 2. The van der Waals surface area contributed by atoms with Crippen molar-refractivity contribution in [3.8, 4) is 0 Å². The summed E-state index contributed by atoms with van der Waals surface area (Å²) in [6.45, 7) is 9.47. The van der Waals surface area contributed by atoms with Crippen molar-refractivity contribution in [2.24, 2.45) is 5.73 Å². The van der Waals surface area contributed by atoms with Gasteiger partial charge in [0.05, 0.1) is 5.69 Å². The number of aromatic nitrogens is 1. The third-order valence-electron chi connectivity index (χ3n) is 4.86. The van der Waals surface area contributed by atoms with Gasteiger partial charge in [-0.2, -0.15) is 0 Å². The molecule has 5 heteroatoms. The molecular formula is C21H30ClN3O. The molecule has 2 rings (SSSR count). The van der Waals surface area contributed by atoms with E-state index in [0.717, 1.165) is 12.1 Å². The molecule has 1 amide bonds. The van der Waals surface area contributed by atoms with Crippen LogP contribution in [0.15, 0.2) is 54.7 Å². The predicted octanol–water partition coefficient (Wildman–Crippen LogP) is 3.78. The lowest BCUT2D eigenvalue weighted by Gasteiger charge is -2.36. The Bertz CT molecular complexity index is 627. The largest absolute Gasteiger partial charge is 0.369 e. The van der Waals surface area contributed by atoms with Crippen LogP contribution in [-0.2, 0) is 10.2 Å². The fourth-order valence-corrected chi connectivity index (χ4v) is 3.56. The highest BCUT2D eigenvalue weighted by molar-refractivity contribution is 5.90. The third kappa shape index (κ3) is 4.63. The second-order valence-electron chi connectivity index (χ2n) is 7.03. The number of pyridine rings is 1. The van der Waals surface area contributed by atoms with Gasteiger partial charge >= 0.3 is 0 Å². The minimum Gasteiger partial charge on any atom is -0.369 e. The molecule has 0 spiro atoms. The first-order chi connectivity index (χ1) is 11.9. The standard InChI is InChI=1S/C21H29N3O.ClH/c1-16(2)24(17(3)4)15-13-21(20(22)25,18-10-6-5-7-11-18)19-12-8-9-14-23-19;/h5-12,14,16-17H,13,15H2,1-4H3,(H2,22,25);1H. The summed E-state index contributed by atoms with van der Waals surface area (Å²) in [6.07, 6.45) is 2.32. The maximum Gasteiger partial charge on any atom is 0.234 e. The van der Waals surface area contributed by atoms with E-state index < -0.39 is 5.41 Å².